The fourth-order valence-corrected chi connectivity index (χ4v) is 1.01. The van der Waals surface area contributed by atoms with Crippen LogP contribution in [0.3, 0.4) is 0 Å². The average Bonchev–Trinajstić information content (AvgIpc) is 2.19. The largest absolute Gasteiger partial charge is 0.383 e. The van der Waals surface area contributed by atoms with Gasteiger partial charge in [-0.1, -0.05) is 5.92 Å². The molecule has 0 aliphatic heterocycles. The van der Waals surface area contributed by atoms with E-state index in [0.29, 0.717) is 32.8 Å². The second kappa shape index (κ2) is 8.54. The molecule has 4 nitrogen and oxygen atoms in total. The SMILES string of the molecule is C#CCNCC(=O)N(CC)CCOC. The van der Waals surface area contributed by atoms with Crippen LogP contribution in [0.15, 0.2) is 0 Å². The normalized spacial score (nSPS) is 9.50. The molecule has 1 amide bonds. The van der Waals surface area contributed by atoms with Crippen LogP contribution in [-0.2, 0) is 9.53 Å². The van der Waals surface area contributed by atoms with Crippen LogP contribution in [0, 0.1) is 12.3 Å². The lowest BCUT2D eigenvalue weighted by atomic mass is 10.4. The standard InChI is InChI=1S/C10H18N2O2/c1-4-6-11-9-10(13)12(5-2)7-8-14-3/h1,11H,5-9H2,2-3H3. The van der Waals surface area contributed by atoms with E-state index >= 15 is 0 Å². The number of likely N-dealkylation sites (N-methyl/N-ethyl adjacent to an activating group) is 1. The third kappa shape index (κ3) is 5.57. The highest BCUT2D eigenvalue weighted by Crippen LogP contribution is 1.88. The lowest BCUT2D eigenvalue weighted by Gasteiger charge is -2.20. The average molecular weight is 198 g/mol. The molecule has 80 valence electrons. The number of terminal acetylenes is 1. The molecule has 0 atom stereocenters. The molecule has 0 aromatic carbocycles. The van der Waals surface area contributed by atoms with Gasteiger partial charge in [-0.15, -0.1) is 6.42 Å². The van der Waals surface area contributed by atoms with E-state index in [-0.39, 0.29) is 5.91 Å². The second-order valence-electron chi connectivity index (χ2n) is 2.77. The van der Waals surface area contributed by atoms with Gasteiger partial charge in [0.05, 0.1) is 19.7 Å². The van der Waals surface area contributed by atoms with Gasteiger partial charge in [0.15, 0.2) is 0 Å². The maximum absolute atomic E-state index is 11.5. The van der Waals surface area contributed by atoms with E-state index in [1.54, 1.807) is 12.0 Å². The van der Waals surface area contributed by atoms with Gasteiger partial charge in [0.25, 0.3) is 0 Å². The Morgan fingerprint density at radius 1 is 1.64 bits per heavy atom. The van der Waals surface area contributed by atoms with Crippen LogP contribution in [0.25, 0.3) is 0 Å². The molecule has 0 saturated carbocycles. The minimum absolute atomic E-state index is 0.0554. The van der Waals surface area contributed by atoms with Crippen molar-refractivity contribution in [2.45, 2.75) is 6.92 Å². The number of hydrogen-bond acceptors (Lipinski definition) is 3. The van der Waals surface area contributed by atoms with Gasteiger partial charge < -0.3 is 9.64 Å². The molecule has 14 heavy (non-hydrogen) atoms. The van der Waals surface area contributed by atoms with E-state index in [0.717, 1.165) is 0 Å². The number of nitrogens with zero attached hydrogens (tertiary/aromatic N) is 1. The molecule has 0 aromatic heterocycles. The van der Waals surface area contributed by atoms with Gasteiger partial charge in [-0.25, -0.2) is 0 Å². The molecule has 0 rings (SSSR count). The van der Waals surface area contributed by atoms with E-state index in [1.807, 2.05) is 6.92 Å². The van der Waals surface area contributed by atoms with Crippen LogP contribution in [0.1, 0.15) is 6.92 Å². The van der Waals surface area contributed by atoms with E-state index in [2.05, 4.69) is 11.2 Å². The van der Waals surface area contributed by atoms with Crippen LogP contribution in [0.4, 0.5) is 0 Å². The van der Waals surface area contributed by atoms with Crippen molar-refractivity contribution in [1.82, 2.24) is 10.2 Å². The molecule has 0 aliphatic rings. The number of nitrogens with one attached hydrogen (secondary N) is 1. The number of ether oxygens (including phenoxy) is 1. The van der Waals surface area contributed by atoms with E-state index in [9.17, 15) is 4.79 Å². The predicted molar refractivity (Wildman–Crippen MR) is 55.8 cm³/mol. The van der Waals surface area contributed by atoms with Crippen LogP contribution in [0.2, 0.25) is 0 Å². The number of carbonyl (C=O) groups is 1. The monoisotopic (exact) mass is 198 g/mol. The Morgan fingerprint density at radius 3 is 2.86 bits per heavy atom. The summed E-state index contributed by atoms with van der Waals surface area (Å²) in [5.74, 6) is 2.47. The highest BCUT2D eigenvalue weighted by molar-refractivity contribution is 5.78. The molecular formula is C10H18N2O2. The summed E-state index contributed by atoms with van der Waals surface area (Å²) in [5, 5.41) is 2.86. The van der Waals surface area contributed by atoms with E-state index in [4.69, 9.17) is 11.2 Å². The molecule has 0 aliphatic carbocycles. The molecule has 0 spiro atoms. The second-order valence-corrected chi connectivity index (χ2v) is 2.77. The molecule has 1 N–H and O–H groups in total. The maximum atomic E-state index is 11.5. The Kier molecular flexibility index (Phi) is 7.90. The molecule has 0 unspecified atom stereocenters. The van der Waals surface area contributed by atoms with Gasteiger partial charge in [0.1, 0.15) is 0 Å². The summed E-state index contributed by atoms with van der Waals surface area (Å²) in [7, 11) is 1.62. The molecule has 0 fully saturated rings. The summed E-state index contributed by atoms with van der Waals surface area (Å²) in [6.07, 6.45) is 5.05. The highest BCUT2D eigenvalue weighted by Gasteiger charge is 2.09. The Hall–Kier alpha value is -1.05. The number of methoxy groups -OCH3 is 1. The fourth-order valence-electron chi connectivity index (χ4n) is 1.01. The first-order valence-electron chi connectivity index (χ1n) is 4.67. The Morgan fingerprint density at radius 2 is 2.36 bits per heavy atom. The summed E-state index contributed by atoms with van der Waals surface area (Å²) in [4.78, 5) is 13.2. The molecule has 0 radical (unpaired) electrons. The lowest BCUT2D eigenvalue weighted by Crippen LogP contribution is -2.39. The number of hydrogen-bond donors (Lipinski definition) is 1. The van der Waals surface area contributed by atoms with Gasteiger partial charge in [-0.05, 0) is 6.92 Å². The van der Waals surface area contributed by atoms with Crippen molar-refractivity contribution in [3.63, 3.8) is 0 Å². The summed E-state index contributed by atoms with van der Waals surface area (Å²) >= 11 is 0. The quantitative estimate of drug-likeness (QED) is 0.451. The topological polar surface area (TPSA) is 41.6 Å². The van der Waals surface area contributed by atoms with Crippen LogP contribution in [-0.4, -0.2) is 50.7 Å². The van der Waals surface area contributed by atoms with Gasteiger partial charge in [-0.3, -0.25) is 10.1 Å². The van der Waals surface area contributed by atoms with Crippen molar-refractivity contribution < 1.29 is 9.53 Å². The molecule has 0 aromatic rings. The Balaban J connectivity index is 3.74. The summed E-state index contributed by atoms with van der Waals surface area (Å²) < 4.78 is 4.90. The van der Waals surface area contributed by atoms with Crippen molar-refractivity contribution in [2.24, 2.45) is 0 Å². The zero-order valence-corrected chi connectivity index (χ0v) is 8.88. The number of carbonyl (C=O) groups excluding carboxylic acids is 1. The summed E-state index contributed by atoms with van der Waals surface area (Å²) in [6, 6.07) is 0. The smallest absolute Gasteiger partial charge is 0.236 e. The zero-order chi connectivity index (χ0) is 10.8. The Bertz CT molecular complexity index is 199. The highest BCUT2D eigenvalue weighted by atomic mass is 16.5. The number of rotatable bonds is 7. The first kappa shape index (κ1) is 12.9. The maximum Gasteiger partial charge on any atom is 0.236 e. The summed E-state index contributed by atoms with van der Waals surface area (Å²) in [6.45, 7) is 4.54. The van der Waals surface area contributed by atoms with Crippen molar-refractivity contribution >= 4 is 5.91 Å². The molecule has 0 bridgehead atoms. The van der Waals surface area contributed by atoms with Crippen molar-refractivity contribution in [1.29, 1.82) is 0 Å². The first-order valence-corrected chi connectivity index (χ1v) is 4.67. The Labute approximate surface area is 85.6 Å². The van der Waals surface area contributed by atoms with Crippen molar-refractivity contribution in [3.05, 3.63) is 0 Å². The third-order valence-electron chi connectivity index (χ3n) is 1.80. The zero-order valence-electron chi connectivity index (χ0n) is 8.88. The fraction of sp³-hybridized carbons (Fsp3) is 0.700. The van der Waals surface area contributed by atoms with Crippen LogP contribution < -0.4 is 5.32 Å². The van der Waals surface area contributed by atoms with E-state index < -0.39 is 0 Å². The van der Waals surface area contributed by atoms with Crippen molar-refractivity contribution in [3.8, 4) is 12.3 Å². The van der Waals surface area contributed by atoms with Gasteiger partial charge in [-0.2, -0.15) is 0 Å². The molecular weight excluding hydrogens is 180 g/mol. The van der Waals surface area contributed by atoms with Gasteiger partial charge in [0.2, 0.25) is 5.91 Å². The first-order chi connectivity index (χ1) is 6.76. The van der Waals surface area contributed by atoms with Gasteiger partial charge >= 0.3 is 0 Å². The van der Waals surface area contributed by atoms with Gasteiger partial charge in [0, 0.05) is 20.2 Å². The lowest BCUT2D eigenvalue weighted by molar-refractivity contribution is -0.130. The summed E-state index contributed by atoms with van der Waals surface area (Å²) in [5.41, 5.74) is 0. The van der Waals surface area contributed by atoms with Crippen LogP contribution >= 0.6 is 0 Å². The van der Waals surface area contributed by atoms with Crippen molar-refractivity contribution in [2.75, 3.05) is 39.9 Å². The minimum atomic E-state index is 0.0554. The van der Waals surface area contributed by atoms with E-state index in [1.165, 1.54) is 0 Å². The predicted octanol–water partition coefficient (Wildman–Crippen LogP) is -0.296. The minimum Gasteiger partial charge on any atom is -0.383 e. The molecule has 4 heteroatoms. The molecule has 0 saturated heterocycles. The van der Waals surface area contributed by atoms with Crippen LogP contribution in [0.5, 0.6) is 0 Å². The number of amides is 1. The third-order valence-corrected chi connectivity index (χ3v) is 1.80. The molecule has 0 heterocycles.